The summed E-state index contributed by atoms with van der Waals surface area (Å²) in [5.74, 6) is 0. The molecule has 0 aliphatic carbocycles. The van der Waals surface area contributed by atoms with Gasteiger partial charge in [-0.2, -0.15) is 0 Å². The molecule has 1 unspecified atom stereocenters. The molecule has 1 rings (SSSR count). The Morgan fingerprint density at radius 1 is 1.71 bits per heavy atom. The van der Waals surface area contributed by atoms with Gasteiger partial charge in [0.05, 0.1) is 12.2 Å². The second-order valence-electron chi connectivity index (χ2n) is 2.16. The average molecular weight is 101 g/mol. The van der Waals surface area contributed by atoms with Gasteiger partial charge >= 0.3 is 0 Å². The Labute approximate surface area is 43.6 Å². The Morgan fingerprint density at radius 2 is 2.14 bits per heavy atom. The summed E-state index contributed by atoms with van der Waals surface area (Å²) in [5, 5.41) is 0. The van der Waals surface area contributed by atoms with E-state index in [0.29, 0.717) is 12.2 Å². The highest BCUT2D eigenvalue weighted by atomic mass is 16.6. The second-order valence-corrected chi connectivity index (χ2v) is 2.16. The summed E-state index contributed by atoms with van der Waals surface area (Å²) in [6.45, 7) is 4.00. The SMILES string of the molecule is CC(N)[C@H]1O[C@@H]1C. The molecule has 0 aromatic rings. The first kappa shape index (κ1) is 5.06. The minimum absolute atomic E-state index is 0.218. The zero-order valence-electron chi connectivity index (χ0n) is 4.72. The van der Waals surface area contributed by atoms with E-state index in [4.69, 9.17) is 10.5 Å². The van der Waals surface area contributed by atoms with Crippen LogP contribution in [0.1, 0.15) is 13.8 Å². The number of ether oxygens (including phenoxy) is 1. The van der Waals surface area contributed by atoms with Crippen LogP contribution in [-0.2, 0) is 4.74 Å². The molecular weight excluding hydrogens is 90.1 g/mol. The standard InChI is InChI=1S/C5H11NO/c1-3(6)5-4(2)7-5/h3-5H,6H2,1-2H3/t3?,4-,5-/m1/s1. The van der Waals surface area contributed by atoms with Gasteiger partial charge in [0.2, 0.25) is 0 Å². The summed E-state index contributed by atoms with van der Waals surface area (Å²) in [4.78, 5) is 0. The molecule has 0 aromatic carbocycles. The fourth-order valence-corrected chi connectivity index (χ4v) is 0.754. The summed E-state index contributed by atoms with van der Waals surface area (Å²) in [7, 11) is 0. The van der Waals surface area contributed by atoms with Crippen molar-refractivity contribution in [1.82, 2.24) is 0 Å². The van der Waals surface area contributed by atoms with Crippen molar-refractivity contribution in [3.8, 4) is 0 Å². The number of epoxide rings is 1. The first-order chi connectivity index (χ1) is 3.22. The van der Waals surface area contributed by atoms with Crippen LogP contribution in [-0.4, -0.2) is 18.2 Å². The summed E-state index contributed by atoms with van der Waals surface area (Å²) >= 11 is 0. The van der Waals surface area contributed by atoms with Gasteiger partial charge in [0, 0.05) is 6.04 Å². The summed E-state index contributed by atoms with van der Waals surface area (Å²) in [6, 6.07) is 0.218. The molecule has 2 N–H and O–H groups in total. The minimum atomic E-state index is 0.218. The van der Waals surface area contributed by atoms with Crippen molar-refractivity contribution < 1.29 is 4.74 Å². The predicted octanol–water partition coefficient (Wildman–Crippen LogP) is 0.121. The highest BCUT2D eigenvalue weighted by Gasteiger charge is 2.36. The molecule has 7 heavy (non-hydrogen) atoms. The van der Waals surface area contributed by atoms with Crippen LogP contribution in [0.5, 0.6) is 0 Å². The topological polar surface area (TPSA) is 38.5 Å². The van der Waals surface area contributed by atoms with Gasteiger partial charge in [0.1, 0.15) is 0 Å². The van der Waals surface area contributed by atoms with Crippen LogP contribution in [0.4, 0.5) is 0 Å². The third-order valence-corrected chi connectivity index (χ3v) is 1.28. The fourth-order valence-electron chi connectivity index (χ4n) is 0.754. The average Bonchev–Trinajstić information content (AvgIpc) is 2.17. The summed E-state index contributed by atoms with van der Waals surface area (Å²) < 4.78 is 5.05. The van der Waals surface area contributed by atoms with E-state index in [-0.39, 0.29) is 6.04 Å². The lowest BCUT2D eigenvalue weighted by Gasteiger charge is -1.93. The van der Waals surface area contributed by atoms with E-state index in [1.807, 2.05) is 13.8 Å². The van der Waals surface area contributed by atoms with Gasteiger partial charge in [0.25, 0.3) is 0 Å². The van der Waals surface area contributed by atoms with Crippen molar-refractivity contribution >= 4 is 0 Å². The van der Waals surface area contributed by atoms with Crippen LogP contribution in [0.25, 0.3) is 0 Å². The van der Waals surface area contributed by atoms with Crippen LogP contribution in [0.3, 0.4) is 0 Å². The monoisotopic (exact) mass is 101 g/mol. The van der Waals surface area contributed by atoms with Crippen LogP contribution in [0.2, 0.25) is 0 Å². The molecule has 0 radical (unpaired) electrons. The zero-order valence-corrected chi connectivity index (χ0v) is 4.72. The minimum Gasteiger partial charge on any atom is -0.368 e. The smallest absolute Gasteiger partial charge is 0.0986 e. The van der Waals surface area contributed by atoms with E-state index >= 15 is 0 Å². The van der Waals surface area contributed by atoms with Crippen molar-refractivity contribution in [3.05, 3.63) is 0 Å². The van der Waals surface area contributed by atoms with E-state index in [9.17, 15) is 0 Å². The second kappa shape index (κ2) is 1.46. The molecule has 1 aliphatic heterocycles. The van der Waals surface area contributed by atoms with Gasteiger partial charge in [0.15, 0.2) is 0 Å². The quantitative estimate of drug-likeness (QED) is 0.476. The van der Waals surface area contributed by atoms with Crippen molar-refractivity contribution in [1.29, 1.82) is 0 Å². The third kappa shape index (κ3) is 0.924. The van der Waals surface area contributed by atoms with E-state index in [1.54, 1.807) is 0 Å². The van der Waals surface area contributed by atoms with Crippen LogP contribution in [0, 0.1) is 0 Å². The Morgan fingerprint density at radius 3 is 2.14 bits per heavy atom. The molecule has 42 valence electrons. The largest absolute Gasteiger partial charge is 0.368 e. The van der Waals surface area contributed by atoms with Gasteiger partial charge in [-0.15, -0.1) is 0 Å². The van der Waals surface area contributed by atoms with Crippen molar-refractivity contribution in [2.24, 2.45) is 5.73 Å². The lowest BCUT2D eigenvalue weighted by molar-refractivity contribution is 0.359. The molecule has 2 heteroatoms. The Hall–Kier alpha value is -0.0800. The summed E-state index contributed by atoms with van der Waals surface area (Å²) in [5.41, 5.74) is 5.46. The molecule has 0 spiro atoms. The van der Waals surface area contributed by atoms with Gasteiger partial charge < -0.3 is 10.5 Å². The molecule has 1 aliphatic rings. The predicted molar refractivity (Wildman–Crippen MR) is 28.0 cm³/mol. The molecule has 2 nitrogen and oxygen atoms in total. The van der Waals surface area contributed by atoms with Gasteiger partial charge in [-0.05, 0) is 13.8 Å². The maximum absolute atomic E-state index is 5.46. The summed E-state index contributed by atoms with van der Waals surface area (Å²) in [6.07, 6.45) is 0.764. The highest BCUT2D eigenvalue weighted by Crippen LogP contribution is 2.22. The number of hydrogen-bond donors (Lipinski definition) is 1. The van der Waals surface area contributed by atoms with Crippen LogP contribution >= 0.6 is 0 Å². The Balaban J connectivity index is 2.20. The van der Waals surface area contributed by atoms with Gasteiger partial charge in [-0.1, -0.05) is 0 Å². The fraction of sp³-hybridized carbons (Fsp3) is 1.00. The van der Waals surface area contributed by atoms with E-state index in [2.05, 4.69) is 0 Å². The van der Waals surface area contributed by atoms with E-state index < -0.39 is 0 Å². The normalized spacial score (nSPS) is 43.3. The lowest BCUT2D eigenvalue weighted by Crippen LogP contribution is -2.22. The van der Waals surface area contributed by atoms with Crippen LogP contribution in [0.15, 0.2) is 0 Å². The third-order valence-electron chi connectivity index (χ3n) is 1.28. The molecule has 0 bridgehead atoms. The molecule has 0 aromatic heterocycles. The molecular formula is C5H11NO. The zero-order chi connectivity index (χ0) is 5.44. The number of rotatable bonds is 1. The lowest BCUT2D eigenvalue weighted by atomic mass is 10.2. The maximum atomic E-state index is 5.46. The highest BCUT2D eigenvalue weighted by molar-refractivity contribution is 4.86. The molecule has 1 fully saturated rings. The molecule has 1 saturated heterocycles. The first-order valence-electron chi connectivity index (χ1n) is 2.63. The molecule has 3 atom stereocenters. The van der Waals surface area contributed by atoms with Crippen molar-refractivity contribution in [3.63, 3.8) is 0 Å². The van der Waals surface area contributed by atoms with Crippen molar-refractivity contribution in [2.45, 2.75) is 32.1 Å². The number of nitrogens with two attached hydrogens (primary N) is 1. The maximum Gasteiger partial charge on any atom is 0.0986 e. The Bertz CT molecular complexity index is 72.5. The van der Waals surface area contributed by atoms with E-state index in [1.165, 1.54) is 0 Å². The Kier molecular flexibility index (Phi) is 1.05. The first-order valence-corrected chi connectivity index (χ1v) is 2.63. The van der Waals surface area contributed by atoms with Crippen LogP contribution < -0.4 is 5.73 Å². The van der Waals surface area contributed by atoms with Crippen molar-refractivity contribution in [2.75, 3.05) is 0 Å². The van der Waals surface area contributed by atoms with Gasteiger partial charge in [-0.3, -0.25) is 0 Å². The molecule has 0 saturated carbocycles. The van der Waals surface area contributed by atoms with E-state index in [0.717, 1.165) is 0 Å². The number of hydrogen-bond acceptors (Lipinski definition) is 2. The van der Waals surface area contributed by atoms with Gasteiger partial charge in [-0.25, -0.2) is 0 Å². The molecule has 1 heterocycles. The molecule has 0 amide bonds.